The standard InChI is InChI=1S/C16H17ClO6/c1-5-21-13-11(17)7-9(8-12(13)20-4)6-10-14(18)22-16(2,3)23-15(10)19/h6-8H,5H2,1-4H3. The van der Waals surface area contributed by atoms with Crippen molar-refractivity contribution in [3.8, 4) is 11.5 Å². The molecule has 0 radical (unpaired) electrons. The van der Waals surface area contributed by atoms with Gasteiger partial charge in [0.25, 0.3) is 5.79 Å². The minimum atomic E-state index is -1.28. The minimum Gasteiger partial charge on any atom is -0.493 e. The van der Waals surface area contributed by atoms with Crippen LogP contribution in [0.1, 0.15) is 26.3 Å². The van der Waals surface area contributed by atoms with E-state index < -0.39 is 17.7 Å². The van der Waals surface area contributed by atoms with Crippen molar-refractivity contribution in [3.63, 3.8) is 0 Å². The zero-order valence-electron chi connectivity index (χ0n) is 13.3. The molecule has 23 heavy (non-hydrogen) atoms. The van der Waals surface area contributed by atoms with Gasteiger partial charge in [0.15, 0.2) is 11.5 Å². The predicted octanol–water partition coefficient (Wildman–Crippen LogP) is 2.97. The Hall–Kier alpha value is -2.21. The van der Waals surface area contributed by atoms with E-state index in [1.54, 1.807) is 12.1 Å². The van der Waals surface area contributed by atoms with Crippen molar-refractivity contribution in [2.75, 3.05) is 13.7 Å². The topological polar surface area (TPSA) is 71.1 Å². The van der Waals surface area contributed by atoms with Crippen molar-refractivity contribution in [3.05, 3.63) is 28.3 Å². The number of rotatable bonds is 4. The second kappa shape index (κ2) is 6.50. The molecule has 0 aliphatic carbocycles. The molecule has 0 aromatic heterocycles. The average Bonchev–Trinajstić information content (AvgIpc) is 2.44. The first-order valence-electron chi connectivity index (χ1n) is 6.96. The van der Waals surface area contributed by atoms with Crippen LogP contribution in [0.5, 0.6) is 11.5 Å². The molecule has 1 aromatic rings. The minimum absolute atomic E-state index is 0.216. The van der Waals surface area contributed by atoms with Crippen LogP contribution in [-0.4, -0.2) is 31.4 Å². The van der Waals surface area contributed by atoms with E-state index in [1.165, 1.54) is 27.0 Å². The van der Waals surface area contributed by atoms with Crippen molar-refractivity contribution in [1.82, 2.24) is 0 Å². The van der Waals surface area contributed by atoms with Crippen molar-refractivity contribution in [2.45, 2.75) is 26.6 Å². The van der Waals surface area contributed by atoms with Gasteiger partial charge in [0, 0.05) is 13.8 Å². The lowest BCUT2D eigenvalue weighted by atomic mass is 10.1. The summed E-state index contributed by atoms with van der Waals surface area (Å²) in [7, 11) is 1.47. The summed E-state index contributed by atoms with van der Waals surface area (Å²) in [6.45, 7) is 5.21. The SMILES string of the molecule is CCOc1c(Cl)cc(C=C2C(=O)OC(C)(C)OC2=O)cc1OC. The maximum Gasteiger partial charge on any atom is 0.348 e. The lowest BCUT2D eigenvalue weighted by Crippen LogP contribution is -2.41. The highest BCUT2D eigenvalue weighted by molar-refractivity contribution is 6.32. The fourth-order valence-electron chi connectivity index (χ4n) is 2.05. The number of benzene rings is 1. The highest BCUT2D eigenvalue weighted by Gasteiger charge is 2.38. The quantitative estimate of drug-likeness (QED) is 0.477. The van der Waals surface area contributed by atoms with Gasteiger partial charge >= 0.3 is 11.9 Å². The van der Waals surface area contributed by atoms with Gasteiger partial charge in [-0.25, -0.2) is 9.59 Å². The van der Waals surface area contributed by atoms with Crippen molar-refractivity contribution < 1.29 is 28.5 Å². The van der Waals surface area contributed by atoms with Crippen LogP contribution in [0, 0.1) is 0 Å². The van der Waals surface area contributed by atoms with Gasteiger partial charge in [-0.15, -0.1) is 0 Å². The number of hydrogen-bond acceptors (Lipinski definition) is 6. The molecule has 1 saturated heterocycles. The molecule has 124 valence electrons. The monoisotopic (exact) mass is 340 g/mol. The van der Waals surface area contributed by atoms with Gasteiger partial charge in [0.1, 0.15) is 5.57 Å². The predicted molar refractivity (Wildman–Crippen MR) is 83.4 cm³/mol. The smallest absolute Gasteiger partial charge is 0.348 e. The third kappa shape index (κ3) is 3.76. The summed E-state index contributed by atoms with van der Waals surface area (Å²) in [6, 6.07) is 3.16. The first-order chi connectivity index (χ1) is 10.8. The Morgan fingerprint density at radius 1 is 1.22 bits per heavy atom. The van der Waals surface area contributed by atoms with Crippen molar-refractivity contribution >= 4 is 29.6 Å². The van der Waals surface area contributed by atoms with E-state index in [0.29, 0.717) is 28.7 Å². The Bertz CT molecular complexity index is 655. The van der Waals surface area contributed by atoms with E-state index in [9.17, 15) is 9.59 Å². The maximum absolute atomic E-state index is 12.0. The van der Waals surface area contributed by atoms with Gasteiger partial charge in [-0.1, -0.05) is 11.6 Å². The van der Waals surface area contributed by atoms with Crippen LogP contribution in [0.4, 0.5) is 0 Å². The number of cyclic esters (lactones) is 2. The van der Waals surface area contributed by atoms with Crippen LogP contribution in [0.3, 0.4) is 0 Å². The fourth-order valence-corrected chi connectivity index (χ4v) is 2.33. The van der Waals surface area contributed by atoms with Crippen LogP contribution in [0.15, 0.2) is 17.7 Å². The number of hydrogen-bond donors (Lipinski definition) is 0. The van der Waals surface area contributed by atoms with Gasteiger partial charge in [0.2, 0.25) is 0 Å². The lowest BCUT2D eigenvalue weighted by molar-refractivity contribution is -0.222. The largest absolute Gasteiger partial charge is 0.493 e. The number of esters is 2. The molecule has 0 amide bonds. The second-order valence-corrected chi connectivity index (χ2v) is 5.61. The summed E-state index contributed by atoms with van der Waals surface area (Å²) in [6.07, 6.45) is 1.34. The van der Waals surface area contributed by atoms with Gasteiger partial charge in [-0.3, -0.25) is 0 Å². The normalized spacial score (nSPS) is 16.5. The molecule has 1 aliphatic rings. The molecular formula is C16H17ClO6. The third-order valence-corrected chi connectivity index (χ3v) is 3.25. The Labute approximate surface area is 138 Å². The van der Waals surface area contributed by atoms with E-state index in [0.717, 1.165) is 0 Å². The molecule has 0 N–H and O–H groups in total. The van der Waals surface area contributed by atoms with E-state index >= 15 is 0 Å². The van der Waals surface area contributed by atoms with Crippen LogP contribution in [-0.2, 0) is 19.1 Å². The molecule has 7 heteroatoms. The highest BCUT2D eigenvalue weighted by atomic mass is 35.5. The number of ether oxygens (including phenoxy) is 4. The Morgan fingerprint density at radius 3 is 2.35 bits per heavy atom. The molecule has 0 bridgehead atoms. The first kappa shape index (κ1) is 17.1. The first-order valence-corrected chi connectivity index (χ1v) is 7.34. The van der Waals surface area contributed by atoms with Crippen molar-refractivity contribution in [2.24, 2.45) is 0 Å². The zero-order valence-corrected chi connectivity index (χ0v) is 14.0. The van der Waals surface area contributed by atoms with E-state index in [-0.39, 0.29) is 5.57 Å². The Kier molecular flexibility index (Phi) is 4.85. The van der Waals surface area contributed by atoms with E-state index in [2.05, 4.69) is 0 Å². The number of carbonyl (C=O) groups excluding carboxylic acids is 2. The summed E-state index contributed by atoms with van der Waals surface area (Å²) in [5, 5.41) is 0.302. The molecule has 1 aromatic carbocycles. The van der Waals surface area contributed by atoms with Gasteiger partial charge in [-0.05, 0) is 30.7 Å². The summed E-state index contributed by atoms with van der Waals surface area (Å²) in [5.41, 5.74) is 0.269. The molecule has 0 saturated carbocycles. The number of carbonyl (C=O) groups is 2. The summed E-state index contributed by atoms with van der Waals surface area (Å²) < 4.78 is 20.7. The van der Waals surface area contributed by atoms with Crippen LogP contribution >= 0.6 is 11.6 Å². The Balaban J connectivity index is 2.41. The molecule has 1 fully saturated rings. The average molecular weight is 341 g/mol. The van der Waals surface area contributed by atoms with E-state index in [4.69, 9.17) is 30.5 Å². The molecule has 1 aliphatic heterocycles. The fraction of sp³-hybridized carbons (Fsp3) is 0.375. The van der Waals surface area contributed by atoms with Crippen LogP contribution in [0.25, 0.3) is 6.08 Å². The summed E-state index contributed by atoms with van der Waals surface area (Å²) in [5.74, 6) is -2.00. The zero-order chi connectivity index (χ0) is 17.2. The molecule has 0 spiro atoms. The number of methoxy groups -OCH3 is 1. The van der Waals surface area contributed by atoms with E-state index in [1.807, 2.05) is 6.92 Å². The summed E-state index contributed by atoms with van der Waals surface area (Å²) in [4.78, 5) is 23.9. The summed E-state index contributed by atoms with van der Waals surface area (Å²) >= 11 is 6.16. The molecule has 0 atom stereocenters. The molecule has 0 unspecified atom stereocenters. The molecule has 2 rings (SSSR count). The number of halogens is 1. The highest BCUT2D eigenvalue weighted by Crippen LogP contribution is 2.37. The molecule has 1 heterocycles. The van der Waals surface area contributed by atoms with Crippen LogP contribution in [0.2, 0.25) is 5.02 Å². The third-order valence-electron chi connectivity index (χ3n) is 2.97. The van der Waals surface area contributed by atoms with Gasteiger partial charge < -0.3 is 18.9 Å². The van der Waals surface area contributed by atoms with Gasteiger partial charge in [0.05, 0.1) is 18.7 Å². The molecule has 6 nitrogen and oxygen atoms in total. The van der Waals surface area contributed by atoms with Crippen molar-refractivity contribution in [1.29, 1.82) is 0 Å². The van der Waals surface area contributed by atoms with Gasteiger partial charge in [-0.2, -0.15) is 0 Å². The lowest BCUT2D eigenvalue weighted by Gasteiger charge is -2.29. The second-order valence-electron chi connectivity index (χ2n) is 5.20. The Morgan fingerprint density at radius 2 is 1.83 bits per heavy atom. The van der Waals surface area contributed by atoms with Crippen LogP contribution < -0.4 is 9.47 Å². The maximum atomic E-state index is 12.0. The molecular weight excluding hydrogens is 324 g/mol.